The van der Waals surface area contributed by atoms with Crippen molar-refractivity contribution in [3.63, 3.8) is 0 Å². The predicted molar refractivity (Wildman–Crippen MR) is 60.3 cm³/mol. The van der Waals surface area contributed by atoms with E-state index in [0.717, 1.165) is 0 Å². The Balaban J connectivity index is 3.09. The van der Waals surface area contributed by atoms with Crippen molar-refractivity contribution in [1.29, 1.82) is 0 Å². The SMILES string of the molecule is O=[N+]([O-])c1ccc(Cl)cc1C#CCCCl. The number of nitro groups is 1. The van der Waals surface area contributed by atoms with Crippen LogP contribution in [0.3, 0.4) is 0 Å². The lowest BCUT2D eigenvalue weighted by molar-refractivity contribution is -0.385. The van der Waals surface area contributed by atoms with Crippen molar-refractivity contribution in [2.75, 3.05) is 5.88 Å². The van der Waals surface area contributed by atoms with Gasteiger partial charge in [-0.05, 0) is 12.1 Å². The third-order valence-electron chi connectivity index (χ3n) is 1.60. The van der Waals surface area contributed by atoms with Crippen LogP contribution in [0.5, 0.6) is 0 Å². The van der Waals surface area contributed by atoms with E-state index < -0.39 is 4.92 Å². The van der Waals surface area contributed by atoms with Crippen LogP contribution < -0.4 is 0 Å². The van der Waals surface area contributed by atoms with E-state index in [-0.39, 0.29) is 5.69 Å². The Hall–Kier alpha value is -1.24. The summed E-state index contributed by atoms with van der Waals surface area (Å²) in [6, 6.07) is 4.28. The van der Waals surface area contributed by atoms with Crippen molar-refractivity contribution in [2.45, 2.75) is 6.42 Å². The summed E-state index contributed by atoms with van der Waals surface area (Å²) in [5, 5.41) is 11.1. The molecule has 78 valence electrons. The number of nitro benzene ring substituents is 1. The molecular weight excluding hydrogens is 237 g/mol. The van der Waals surface area contributed by atoms with Gasteiger partial charge in [-0.2, -0.15) is 0 Å². The van der Waals surface area contributed by atoms with Crippen molar-refractivity contribution in [3.8, 4) is 11.8 Å². The summed E-state index contributed by atoms with van der Waals surface area (Å²) in [6.07, 6.45) is 0.491. The fourth-order valence-electron chi connectivity index (χ4n) is 0.973. The number of nitrogens with zero attached hydrogens (tertiary/aromatic N) is 1. The first-order chi connectivity index (χ1) is 7.15. The zero-order valence-electron chi connectivity index (χ0n) is 7.67. The van der Waals surface area contributed by atoms with E-state index in [1.165, 1.54) is 18.2 Å². The van der Waals surface area contributed by atoms with Gasteiger partial charge in [0.25, 0.3) is 5.69 Å². The number of alkyl halides is 1. The van der Waals surface area contributed by atoms with Crippen LogP contribution >= 0.6 is 23.2 Å². The third kappa shape index (κ3) is 3.43. The number of hydrogen-bond acceptors (Lipinski definition) is 2. The summed E-state index contributed by atoms with van der Waals surface area (Å²) < 4.78 is 0. The van der Waals surface area contributed by atoms with Crippen molar-refractivity contribution in [2.24, 2.45) is 0 Å². The van der Waals surface area contributed by atoms with E-state index in [1.54, 1.807) is 0 Å². The molecule has 0 aliphatic heterocycles. The Morgan fingerprint density at radius 2 is 2.20 bits per heavy atom. The van der Waals surface area contributed by atoms with Crippen molar-refractivity contribution in [3.05, 3.63) is 38.9 Å². The number of benzene rings is 1. The Morgan fingerprint density at radius 1 is 1.47 bits per heavy atom. The highest BCUT2D eigenvalue weighted by atomic mass is 35.5. The summed E-state index contributed by atoms with van der Waals surface area (Å²) in [5.41, 5.74) is 0.277. The predicted octanol–water partition coefficient (Wildman–Crippen LogP) is 3.23. The second-order valence-corrected chi connectivity index (χ2v) is 3.47. The third-order valence-corrected chi connectivity index (χ3v) is 2.02. The van der Waals surface area contributed by atoms with Crippen LogP contribution in [0.2, 0.25) is 5.02 Å². The molecular formula is C10H7Cl2NO2. The molecule has 0 aliphatic rings. The summed E-state index contributed by atoms with van der Waals surface area (Å²) >= 11 is 11.2. The average molecular weight is 244 g/mol. The van der Waals surface area contributed by atoms with Gasteiger partial charge >= 0.3 is 0 Å². The topological polar surface area (TPSA) is 43.1 Å². The van der Waals surface area contributed by atoms with E-state index in [4.69, 9.17) is 23.2 Å². The lowest BCUT2D eigenvalue weighted by atomic mass is 10.2. The summed E-state index contributed by atoms with van der Waals surface area (Å²) in [4.78, 5) is 10.1. The van der Waals surface area contributed by atoms with Gasteiger partial charge in [0.15, 0.2) is 0 Å². The Kier molecular flexibility index (Phi) is 4.41. The molecule has 1 aromatic rings. The Labute approximate surface area is 97.1 Å². The van der Waals surface area contributed by atoms with E-state index >= 15 is 0 Å². The van der Waals surface area contributed by atoms with Gasteiger partial charge in [-0.1, -0.05) is 23.4 Å². The first-order valence-electron chi connectivity index (χ1n) is 4.14. The van der Waals surface area contributed by atoms with Gasteiger partial charge in [-0.3, -0.25) is 10.1 Å². The molecule has 0 saturated carbocycles. The Morgan fingerprint density at radius 3 is 2.80 bits per heavy atom. The van der Waals surface area contributed by atoms with Crippen molar-refractivity contribution in [1.82, 2.24) is 0 Å². The monoisotopic (exact) mass is 243 g/mol. The van der Waals surface area contributed by atoms with Crippen LogP contribution in [-0.4, -0.2) is 10.8 Å². The van der Waals surface area contributed by atoms with Gasteiger partial charge in [0.05, 0.1) is 4.92 Å². The minimum absolute atomic E-state index is 0.0403. The molecule has 0 unspecified atom stereocenters. The summed E-state index contributed by atoms with van der Waals surface area (Å²) in [7, 11) is 0. The standard InChI is InChI=1S/C10H7Cl2NO2/c11-6-2-1-3-8-7-9(12)4-5-10(8)13(14)15/h4-5,7H,2,6H2. The van der Waals surface area contributed by atoms with Crippen LogP contribution in [0, 0.1) is 22.0 Å². The van der Waals surface area contributed by atoms with Gasteiger partial charge in [0.1, 0.15) is 5.56 Å². The molecule has 15 heavy (non-hydrogen) atoms. The second-order valence-electron chi connectivity index (χ2n) is 2.66. The highest BCUT2D eigenvalue weighted by Gasteiger charge is 2.11. The molecule has 0 atom stereocenters. The second kappa shape index (κ2) is 5.59. The normalized spacial score (nSPS) is 9.20. The highest BCUT2D eigenvalue weighted by molar-refractivity contribution is 6.30. The van der Waals surface area contributed by atoms with Crippen LogP contribution in [0.15, 0.2) is 18.2 Å². The summed E-state index contributed by atoms with van der Waals surface area (Å²) in [6.45, 7) is 0. The van der Waals surface area contributed by atoms with Crippen LogP contribution in [0.4, 0.5) is 5.69 Å². The van der Waals surface area contributed by atoms with Gasteiger partial charge in [-0.25, -0.2) is 0 Å². The molecule has 1 rings (SSSR count). The molecule has 0 heterocycles. The van der Waals surface area contributed by atoms with Gasteiger partial charge in [-0.15, -0.1) is 11.6 Å². The van der Waals surface area contributed by atoms with Gasteiger partial charge in [0, 0.05) is 23.4 Å². The first kappa shape index (κ1) is 11.8. The van der Waals surface area contributed by atoms with Gasteiger partial charge < -0.3 is 0 Å². The quantitative estimate of drug-likeness (QED) is 0.347. The van der Waals surface area contributed by atoms with E-state index in [1.807, 2.05) is 0 Å². The molecule has 0 bridgehead atoms. The average Bonchev–Trinajstić information content (AvgIpc) is 2.18. The number of hydrogen-bond donors (Lipinski definition) is 0. The number of halogens is 2. The Bertz CT molecular complexity index is 435. The largest absolute Gasteiger partial charge is 0.285 e. The molecule has 0 radical (unpaired) electrons. The lowest BCUT2D eigenvalue weighted by Crippen LogP contribution is -1.91. The molecule has 0 spiro atoms. The lowest BCUT2D eigenvalue weighted by Gasteiger charge is -1.95. The highest BCUT2D eigenvalue weighted by Crippen LogP contribution is 2.21. The van der Waals surface area contributed by atoms with Crippen molar-refractivity contribution < 1.29 is 4.92 Å². The molecule has 0 amide bonds. The minimum atomic E-state index is -0.485. The molecule has 3 nitrogen and oxygen atoms in total. The van der Waals surface area contributed by atoms with Crippen LogP contribution in [0.1, 0.15) is 12.0 Å². The molecule has 1 aromatic carbocycles. The van der Waals surface area contributed by atoms with Crippen LogP contribution in [0.25, 0.3) is 0 Å². The minimum Gasteiger partial charge on any atom is -0.258 e. The molecule has 0 fully saturated rings. The maximum Gasteiger partial charge on any atom is 0.285 e. The van der Waals surface area contributed by atoms with Crippen molar-refractivity contribution >= 4 is 28.9 Å². The fourth-order valence-corrected chi connectivity index (χ4v) is 1.24. The van der Waals surface area contributed by atoms with Gasteiger partial charge in [0.2, 0.25) is 0 Å². The zero-order valence-corrected chi connectivity index (χ0v) is 9.18. The zero-order chi connectivity index (χ0) is 11.3. The van der Waals surface area contributed by atoms with E-state index in [9.17, 15) is 10.1 Å². The maximum atomic E-state index is 10.6. The maximum absolute atomic E-state index is 10.6. The molecule has 5 heteroatoms. The first-order valence-corrected chi connectivity index (χ1v) is 5.05. The molecule has 0 N–H and O–H groups in total. The smallest absolute Gasteiger partial charge is 0.258 e. The van der Waals surface area contributed by atoms with Crippen LogP contribution in [-0.2, 0) is 0 Å². The fraction of sp³-hybridized carbons (Fsp3) is 0.200. The molecule has 0 saturated heterocycles. The number of rotatable bonds is 2. The van der Waals surface area contributed by atoms with E-state index in [0.29, 0.717) is 22.9 Å². The van der Waals surface area contributed by atoms with E-state index in [2.05, 4.69) is 11.8 Å². The molecule has 0 aromatic heterocycles. The summed E-state index contributed by atoms with van der Waals surface area (Å²) in [5.74, 6) is 5.81. The molecule has 0 aliphatic carbocycles.